The number of carbonyl (C=O) groups is 2. The Hall–Kier alpha value is -0.940. The minimum absolute atomic E-state index is 0.0947. The lowest BCUT2D eigenvalue weighted by molar-refractivity contribution is -0.128. The molecule has 0 bridgehead atoms. The lowest BCUT2D eigenvalue weighted by Gasteiger charge is -2.29. The summed E-state index contributed by atoms with van der Waals surface area (Å²) in [4.78, 5) is 26.5. The van der Waals surface area contributed by atoms with Crippen molar-refractivity contribution in [3.63, 3.8) is 0 Å². The highest BCUT2D eigenvalue weighted by Gasteiger charge is 2.27. The van der Waals surface area contributed by atoms with Crippen LogP contribution in [-0.4, -0.2) is 55.4 Å². The number of rotatable bonds is 17. The van der Waals surface area contributed by atoms with Gasteiger partial charge in [0.25, 0.3) is 0 Å². The van der Waals surface area contributed by atoms with E-state index in [-0.39, 0.29) is 16.9 Å². The van der Waals surface area contributed by atoms with Gasteiger partial charge in [0, 0.05) is 50.0 Å². The normalized spacial score (nSPS) is 12.4. The van der Waals surface area contributed by atoms with Gasteiger partial charge in [-0.25, -0.2) is 0 Å². The summed E-state index contributed by atoms with van der Waals surface area (Å²) in [7, 11) is 2.09. The molecular weight excluding hydrogens is 350 g/mol. The molecule has 0 aliphatic heterocycles. The summed E-state index contributed by atoms with van der Waals surface area (Å²) in [5.41, 5.74) is 0.0372. The van der Waals surface area contributed by atoms with Crippen LogP contribution in [0.3, 0.4) is 0 Å². The van der Waals surface area contributed by atoms with Crippen LogP contribution in [-0.2, 0) is 9.59 Å². The molecule has 0 atom stereocenters. The predicted octanol–water partition coefficient (Wildman–Crippen LogP) is 4.16. The molecule has 1 amide bonds. The Labute approximate surface area is 174 Å². The minimum Gasteiger partial charge on any atom is -0.355 e. The van der Waals surface area contributed by atoms with Gasteiger partial charge < -0.3 is 15.5 Å². The van der Waals surface area contributed by atoms with Crippen molar-refractivity contribution >= 4 is 11.7 Å². The third kappa shape index (κ3) is 10.6. The summed E-state index contributed by atoms with van der Waals surface area (Å²) in [6.07, 6.45) is 6.74. The van der Waals surface area contributed by atoms with Crippen molar-refractivity contribution in [2.45, 2.75) is 98.4 Å². The number of hydrogen-bond acceptors (Lipinski definition) is 4. The van der Waals surface area contributed by atoms with Crippen molar-refractivity contribution in [2.75, 3.05) is 33.2 Å². The quantitative estimate of drug-likeness (QED) is 0.362. The van der Waals surface area contributed by atoms with Crippen molar-refractivity contribution < 1.29 is 9.59 Å². The highest BCUT2D eigenvalue weighted by Crippen LogP contribution is 2.28. The van der Waals surface area contributed by atoms with Crippen molar-refractivity contribution in [3.8, 4) is 0 Å². The predicted molar refractivity (Wildman–Crippen MR) is 120 cm³/mol. The summed E-state index contributed by atoms with van der Waals surface area (Å²) in [6, 6.07) is 0. The maximum Gasteiger partial charge on any atom is 0.220 e. The van der Waals surface area contributed by atoms with E-state index in [0.29, 0.717) is 25.2 Å². The third-order valence-electron chi connectivity index (χ3n) is 6.71. The van der Waals surface area contributed by atoms with Crippen LogP contribution in [0.1, 0.15) is 92.9 Å². The Morgan fingerprint density at radius 3 is 1.89 bits per heavy atom. The van der Waals surface area contributed by atoms with E-state index >= 15 is 0 Å². The van der Waals surface area contributed by atoms with E-state index in [1.165, 1.54) is 0 Å². The second-order valence-corrected chi connectivity index (χ2v) is 8.75. The Morgan fingerprint density at radius 2 is 1.36 bits per heavy atom. The number of nitrogens with one attached hydrogen (secondary N) is 2. The molecule has 5 nitrogen and oxygen atoms in total. The molecule has 0 fully saturated rings. The number of Topliss-reactive ketones (excluding diaryl/α,β-unsaturated/α-hetero) is 1. The molecule has 0 aromatic carbocycles. The van der Waals surface area contributed by atoms with Gasteiger partial charge in [-0.1, -0.05) is 34.6 Å². The molecule has 0 spiro atoms. The van der Waals surface area contributed by atoms with E-state index in [2.05, 4.69) is 64.1 Å². The van der Waals surface area contributed by atoms with Crippen LogP contribution in [0.25, 0.3) is 0 Å². The molecule has 5 heteroatoms. The van der Waals surface area contributed by atoms with Crippen LogP contribution in [0.2, 0.25) is 0 Å². The fourth-order valence-corrected chi connectivity index (χ4v) is 3.15. The number of hydrogen-bond donors (Lipinski definition) is 2. The SMILES string of the molecule is CCC(C)(CC)NCCN(C)CCNC(=O)CCCCC(=O)C(C)(CC)CC. The number of nitrogens with zero attached hydrogens (tertiary/aromatic N) is 1. The second-order valence-electron chi connectivity index (χ2n) is 8.75. The number of amides is 1. The fraction of sp³-hybridized carbons (Fsp3) is 0.913. The molecule has 0 aromatic heterocycles. The maximum atomic E-state index is 12.3. The molecule has 166 valence electrons. The molecule has 0 saturated heterocycles. The monoisotopic (exact) mass is 397 g/mol. The maximum absolute atomic E-state index is 12.3. The number of carbonyl (C=O) groups excluding carboxylic acids is 2. The average Bonchev–Trinajstić information content (AvgIpc) is 2.70. The van der Waals surface area contributed by atoms with Crippen LogP contribution in [0.15, 0.2) is 0 Å². The summed E-state index contributed by atoms with van der Waals surface area (Å²) >= 11 is 0. The zero-order valence-corrected chi connectivity index (χ0v) is 19.7. The van der Waals surface area contributed by atoms with Gasteiger partial charge in [0.15, 0.2) is 0 Å². The molecule has 0 heterocycles. The third-order valence-corrected chi connectivity index (χ3v) is 6.71. The van der Waals surface area contributed by atoms with Gasteiger partial charge in [-0.05, 0) is 52.5 Å². The summed E-state index contributed by atoms with van der Waals surface area (Å²) < 4.78 is 0. The van der Waals surface area contributed by atoms with Crippen molar-refractivity contribution in [2.24, 2.45) is 5.41 Å². The summed E-state index contributed by atoms with van der Waals surface area (Å²) in [5.74, 6) is 0.438. The van der Waals surface area contributed by atoms with E-state index in [4.69, 9.17) is 0 Å². The molecule has 0 aromatic rings. The van der Waals surface area contributed by atoms with Gasteiger partial charge in [0.2, 0.25) is 5.91 Å². The molecule has 0 saturated carbocycles. The highest BCUT2D eigenvalue weighted by atomic mass is 16.1. The largest absolute Gasteiger partial charge is 0.355 e. The molecule has 2 N–H and O–H groups in total. The lowest BCUT2D eigenvalue weighted by Crippen LogP contribution is -2.45. The first-order chi connectivity index (χ1) is 13.2. The van der Waals surface area contributed by atoms with Crippen LogP contribution in [0, 0.1) is 5.41 Å². The van der Waals surface area contributed by atoms with Crippen molar-refractivity contribution in [3.05, 3.63) is 0 Å². The Morgan fingerprint density at radius 1 is 0.821 bits per heavy atom. The first-order valence-corrected chi connectivity index (χ1v) is 11.4. The molecular formula is C23H47N3O2. The first kappa shape index (κ1) is 27.1. The standard InChI is InChI=1S/C23H47N3O2/c1-8-22(5,9-2)20(27)14-12-13-15-21(28)24-16-18-26(7)19-17-25-23(6,10-3)11-4/h25H,8-19H2,1-7H3,(H,24,28). The van der Waals surface area contributed by atoms with Crippen LogP contribution < -0.4 is 10.6 Å². The van der Waals surface area contributed by atoms with Crippen molar-refractivity contribution in [1.29, 1.82) is 0 Å². The molecule has 0 radical (unpaired) electrons. The van der Waals surface area contributed by atoms with Crippen LogP contribution >= 0.6 is 0 Å². The van der Waals surface area contributed by atoms with E-state index in [0.717, 1.165) is 58.2 Å². The van der Waals surface area contributed by atoms with Crippen LogP contribution in [0.4, 0.5) is 0 Å². The summed E-state index contributed by atoms with van der Waals surface area (Å²) in [5, 5.41) is 6.63. The highest BCUT2D eigenvalue weighted by molar-refractivity contribution is 5.84. The van der Waals surface area contributed by atoms with E-state index in [1.807, 2.05) is 0 Å². The minimum atomic E-state index is -0.187. The molecule has 0 unspecified atom stereocenters. The number of ketones is 1. The van der Waals surface area contributed by atoms with Gasteiger partial charge in [-0.3, -0.25) is 9.59 Å². The van der Waals surface area contributed by atoms with Gasteiger partial charge in [0.1, 0.15) is 5.78 Å². The summed E-state index contributed by atoms with van der Waals surface area (Å²) in [6.45, 7) is 16.4. The fourth-order valence-electron chi connectivity index (χ4n) is 3.15. The molecule has 0 rings (SSSR count). The van der Waals surface area contributed by atoms with E-state index in [1.54, 1.807) is 0 Å². The van der Waals surface area contributed by atoms with Gasteiger partial charge in [-0.2, -0.15) is 0 Å². The molecule has 0 aliphatic rings. The Kier molecular flexibility index (Phi) is 13.6. The molecule has 28 heavy (non-hydrogen) atoms. The van der Waals surface area contributed by atoms with E-state index in [9.17, 15) is 9.59 Å². The Balaban J connectivity index is 3.83. The topological polar surface area (TPSA) is 61.4 Å². The van der Waals surface area contributed by atoms with Gasteiger partial charge >= 0.3 is 0 Å². The Bertz CT molecular complexity index is 443. The first-order valence-electron chi connectivity index (χ1n) is 11.4. The van der Waals surface area contributed by atoms with Gasteiger partial charge in [0.05, 0.1) is 0 Å². The molecule has 0 aliphatic carbocycles. The average molecular weight is 398 g/mol. The van der Waals surface area contributed by atoms with E-state index < -0.39 is 0 Å². The zero-order valence-electron chi connectivity index (χ0n) is 19.7. The van der Waals surface area contributed by atoms with Crippen molar-refractivity contribution in [1.82, 2.24) is 15.5 Å². The second kappa shape index (κ2) is 14.1. The smallest absolute Gasteiger partial charge is 0.220 e. The zero-order chi connectivity index (χ0) is 21.6. The number of unbranched alkanes of at least 4 members (excludes halogenated alkanes) is 1. The van der Waals surface area contributed by atoms with Crippen LogP contribution in [0.5, 0.6) is 0 Å². The number of likely N-dealkylation sites (N-methyl/N-ethyl adjacent to an activating group) is 1. The van der Waals surface area contributed by atoms with Gasteiger partial charge in [-0.15, -0.1) is 0 Å². The lowest BCUT2D eigenvalue weighted by atomic mass is 9.78.